The quantitative estimate of drug-likeness (QED) is 0.503. The van der Waals surface area contributed by atoms with Crippen LogP contribution in [0.5, 0.6) is 0 Å². The second-order valence-electron chi connectivity index (χ2n) is 1.37. The second kappa shape index (κ2) is 2.40. The van der Waals surface area contributed by atoms with Gasteiger partial charge in [-0.15, -0.1) is 0 Å². The lowest BCUT2D eigenvalue weighted by atomic mass is 10.5. The van der Waals surface area contributed by atoms with Crippen molar-refractivity contribution in [3.63, 3.8) is 0 Å². The summed E-state index contributed by atoms with van der Waals surface area (Å²) in [6.07, 6.45) is 0. The molecule has 1 aromatic rings. The van der Waals surface area contributed by atoms with E-state index >= 15 is 0 Å². The van der Waals surface area contributed by atoms with Gasteiger partial charge in [0.15, 0.2) is 0 Å². The van der Waals surface area contributed by atoms with Crippen molar-refractivity contribution >= 4 is 15.7 Å². The van der Waals surface area contributed by atoms with Crippen molar-refractivity contribution in [3.8, 4) is 0 Å². The molecule has 0 radical (unpaired) electrons. The summed E-state index contributed by atoms with van der Waals surface area (Å²) in [4.78, 5) is 0. The van der Waals surface area contributed by atoms with Gasteiger partial charge in [-0.25, -0.2) is 0 Å². The zero-order valence-corrected chi connectivity index (χ0v) is 5.92. The molecule has 0 amide bonds. The average Bonchev–Trinajstić information content (AvgIpc) is 1.69. The lowest BCUT2D eigenvalue weighted by molar-refractivity contribution is 1.63. The van der Waals surface area contributed by atoms with Gasteiger partial charge >= 0.3 is 0 Å². The van der Waals surface area contributed by atoms with Crippen LogP contribution in [0.2, 0.25) is 0 Å². The number of hydrogen-bond donors (Lipinski definition) is 0. The van der Waals surface area contributed by atoms with Crippen LogP contribution in [0.15, 0.2) is 17.9 Å². The largest absolute Gasteiger partial charge is 0.0567 e. The van der Waals surface area contributed by atoms with Crippen molar-refractivity contribution in [1.29, 1.82) is 0 Å². The van der Waals surface area contributed by atoms with Crippen LogP contribution in [0.4, 0.5) is 0 Å². The van der Waals surface area contributed by atoms with E-state index in [0.29, 0.717) is 0 Å². The van der Waals surface area contributed by atoms with E-state index in [1.165, 1.54) is 21.0 Å². The normalized spacial score (nSPS) is 11.0. The first-order valence-electron chi connectivity index (χ1n) is 2.14. The summed E-state index contributed by atoms with van der Waals surface area (Å²) < 4.78 is 0. The summed E-state index contributed by atoms with van der Waals surface area (Å²) in [7, 11) is 2.86. The summed E-state index contributed by atoms with van der Waals surface area (Å²) in [5, 5.41) is 1.46. The van der Waals surface area contributed by atoms with Gasteiger partial charge in [0.25, 0.3) is 0 Å². The predicted molar refractivity (Wildman–Crippen MR) is 36.2 cm³/mol. The summed E-state index contributed by atoms with van der Waals surface area (Å²) in [6, 6.07) is 4.26. The Labute approximate surface area is 46.7 Å². The minimum absolute atomic E-state index is 1.42. The van der Waals surface area contributed by atoms with Crippen molar-refractivity contribution < 1.29 is 0 Å². The van der Waals surface area contributed by atoms with Crippen LogP contribution < -0.4 is 0 Å². The van der Waals surface area contributed by atoms with Crippen molar-refractivity contribution in [1.82, 2.24) is 0 Å². The molecule has 0 aromatic carbocycles. The molecule has 0 unspecified atom stereocenters. The van der Waals surface area contributed by atoms with E-state index in [9.17, 15) is 0 Å². The molecule has 0 saturated carbocycles. The van der Waals surface area contributed by atoms with Crippen LogP contribution in [0.1, 0.15) is 5.30 Å². The molecular weight excluding hydrogens is 122 g/mol. The maximum atomic E-state index is 2.16. The fourth-order valence-electron chi connectivity index (χ4n) is 0.379. The third kappa shape index (κ3) is 1.55. The molecule has 1 heterocycles. The zero-order valence-electron chi connectivity index (χ0n) is 4.13. The van der Waals surface area contributed by atoms with Crippen LogP contribution in [-0.4, -0.2) is 0 Å². The maximum absolute atomic E-state index is 2.16. The summed E-state index contributed by atoms with van der Waals surface area (Å²) >= 11 is 0. The van der Waals surface area contributed by atoms with Gasteiger partial charge in [0.05, 0.1) is 0 Å². The molecule has 0 bridgehead atoms. The first-order chi connectivity index (χ1) is 3.39. The first kappa shape index (κ1) is 5.22. The molecule has 7 heavy (non-hydrogen) atoms. The fourth-order valence-corrected chi connectivity index (χ4v) is 2.12. The highest BCUT2D eigenvalue weighted by molar-refractivity contribution is 7.90. The summed E-state index contributed by atoms with van der Waals surface area (Å²) in [5.74, 6) is 2.16. The van der Waals surface area contributed by atoms with Gasteiger partial charge in [-0.2, -0.15) is 0 Å². The molecular formula is C5H6P2. The van der Waals surface area contributed by atoms with Crippen LogP contribution in [0.25, 0.3) is 0 Å². The third-order valence-corrected chi connectivity index (χ3v) is 3.28. The molecule has 0 spiro atoms. The molecule has 0 aliphatic rings. The van der Waals surface area contributed by atoms with Gasteiger partial charge in [0.2, 0.25) is 0 Å². The van der Waals surface area contributed by atoms with E-state index in [1.54, 1.807) is 0 Å². The van der Waals surface area contributed by atoms with E-state index in [2.05, 4.69) is 24.9 Å². The highest BCUT2D eigenvalue weighted by atomic mass is 31.8. The Hall–Kier alpha value is 0.0800. The highest BCUT2D eigenvalue weighted by Gasteiger charge is 1.73. The lowest BCUT2D eigenvalue weighted by Gasteiger charge is -1.80. The zero-order chi connectivity index (χ0) is 5.11. The van der Waals surface area contributed by atoms with Gasteiger partial charge in [-0.3, -0.25) is 0 Å². The molecule has 0 saturated heterocycles. The minimum atomic E-state index is 1.42. The van der Waals surface area contributed by atoms with Crippen LogP contribution >= 0.6 is 15.7 Å². The monoisotopic (exact) mass is 128 g/mol. The number of rotatable bonds is 0. The second-order valence-corrected chi connectivity index (χ2v) is 4.09. The summed E-state index contributed by atoms with van der Waals surface area (Å²) in [6.45, 7) is 2.15. The van der Waals surface area contributed by atoms with E-state index in [4.69, 9.17) is 0 Å². The Balaban J connectivity index is 3.02. The Bertz CT molecular complexity index is 136. The summed E-state index contributed by atoms with van der Waals surface area (Å²) in [5.41, 5.74) is 0. The molecule has 1 aromatic heterocycles. The number of aryl methyl sites for hydroxylation is 1. The third-order valence-electron chi connectivity index (χ3n) is 0.706. The molecule has 0 N–H and O–H groups in total. The van der Waals surface area contributed by atoms with Crippen molar-refractivity contribution in [2.75, 3.05) is 0 Å². The molecule has 0 atom stereocenters. The van der Waals surface area contributed by atoms with Crippen molar-refractivity contribution in [2.45, 2.75) is 6.92 Å². The molecule has 0 nitrogen and oxygen atoms in total. The fraction of sp³-hybridized carbons (Fsp3) is 0.200. The molecule has 0 aliphatic heterocycles. The topological polar surface area (TPSA) is 0 Å². The first-order valence-corrected chi connectivity index (χ1v) is 4.70. The van der Waals surface area contributed by atoms with Crippen LogP contribution in [-0.2, 0) is 0 Å². The van der Waals surface area contributed by atoms with Crippen molar-refractivity contribution in [3.05, 3.63) is 23.2 Å². The maximum Gasteiger partial charge on any atom is -0.0192 e. The molecule has 0 aliphatic carbocycles. The predicted octanol–water partition coefficient (Wildman–Crippen LogP) is 3.16. The molecule has 2 heteroatoms. The SMILES string of the molecule is Cc1cccpp1. The smallest absolute Gasteiger partial charge is 0.0192 e. The van der Waals surface area contributed by atoms with E-state index in [0.717, 1.165) is 0 Å². The highest BCUT2D eigenvalue weighted by Crippen LogP contribution is 2.21. The average molecular weight is 128 g/mol. The van der Waals surface area contributed by atoms with Gasteiger partial charge in [0, 0.05) is 0 Å². The minimum Gasteiger partial charge on any atom is -0.0567 e. The molecule has 1 rings (SSSR count). The molecule has 0 fully saturated rings. The van der Waals surface area contributed by atoms with E-state index in [1.807, 2.05) is 0 Å². The molecule has 36 valence electrons. The van der Waals surface area contributed by atoms with Gasteiger partial charge < -0.3 is 0 Å². The lowest BCUT2D eigenvalue weighted by Crippen LogP contribution is -1.51. The van der Waals surface area contributed by atoms with E-state index in [-0.39, 0.29) is 0 Å². The Morgan fingerprint density at radius 2 is 2.43 bits per heavy atom. The van der Waals surface area contributed by atoms with Crippen LogP contribution in [0, 0.1) is 6.92 Å². The Morgan fingerprint density at radius 3 is 2.71 bits per heavy atom. The standard InChI is InChI=1S/C5H6P2/c1-5-3-2-4-6-7-5/h2-4H,1H3. The Morgan fingerprint density at radius 1 is 1.57 bits per heavy atom. The van der Waals surface area contributed by atoms with Gasteiger partial charge in [0.1, 0.15) is 0 Å². The van der Waals surface area contributed by atoms with Crippen molar-refractivity contribution in [2.24, 2.45) is 0 Å². The van der Waals surface area contributed by atoms with Gasteiger partial charge in [-0.05, 0) is 33.8 Å². The van der Waals surface area contributed by atoms with E-state index < -0.39 is 0 Å². The number of hydrogen-bond acceptors (Lipinski definition) is 0. The van der Waals surface area contributed by atoms with Crippen LogP contribution in [0.3, 0.4) is 0 Å². The Kier molecular flexibility index (Phi) is 1.79. The van der Waals surface area contributed by atoms with Gasteiger partial charge in [-0.1, -0.05) is 12.1 Å².